The molecule has 2 aromatic carbocycles. The topological polar surface area (TPSA) is 59.4 Å². The van der Waals surface area contributed by atoms with Crippen LogP contribution < -0.4 is 4.74 Å². The first-order chi connectivity index (χ1) is 14.9. The number of pyridine rings is 1. The summed E-state index contributed by atoms with van der Waals surface area (Å²) in [5.41, 5.74) is 3.69. The number of hydrogen-bond acceptors (Lipinski definition) is 3. The van der Waals surface area contributed by atoms with Gasteiger partial charge in [-0.15, -0.1) is 0 Å². The van der Waals surface area contributed by atoms with E-state index in [-0.39, 0.29) is 18.1 Å². The van der Waals surface area contributed by atoms with Gasteiger partial charge in [-0.05, 0) is 54.7 Å². The standard InChI is InChI=1S/C24H18Cl2FNO3/c25-18-11-17(23(12-19(18)26)31-13-14-5-1-2-8-20(14)27)15-6-3-7-16(15)21-9-4-10-22(28-21)24(29)30/h1-2,4-5,8-12H,3,6-7,13H2,(H,29,30). The van der Waals surface area contributed by atoms with E-state index in [4.69, 9.17) is 27.9 Å². The van der Waals surface area contributed by atoms with Crippen LogP contribution in [0.5, 0.6) is 5.75 Å². The smallest absolute Gasteiger partial charge is 0.354 e. The molecule has 0 spiro atoms. The van der Waals surface area contributed by atoms with Crippen molar-refractivity contribution >= 4 is 40.3 Å². The maximum atomic E-state index is 14.0. The molecule has 0 saturated carbocycles. The predicted octanol–water partition coefficient (Wildman–Crippen LogP) is 6.90. The molecule has 1 aromatic heterocycles. The zero-order valence-corrected chi connectivity index (χ0v) is 17.9. The Morgan fingerprint density at radius 2 is 1.77 bits per heavy atom. The van der Waals surface area contributed by atoms with Crippen molar-refractivity contribution < 1.29 is 19.0 Å². The molecule has 1 aliphatic rings. The highest BCUT2D eigenvalue weighted by Crippen LogP contribution is 2.44. The van der Waals surface area contributed by atoms with Gasteiger partial charge in [0.1, 0.15) is 23.9 Å². The van der Waals surface area contributed by atoms with Crippen molar-refractivity contribution in [2.24, 2.45) is 0 Å². The van der Waals surface area contributed by atoms with Crippen molar-refractivity contribution in [2.45, 2.75) is 25.9 Å². The van der Waals surface area contributed by atoms with E-state index in [0.29, 0.717) is 27.1 Å². The second-order valence-corrected chi connectivity index (χ2v) is 7.98. The van der Waals surface area contributed by atoms with E-state index in [1.165, 1.54) is 12.1 Å². The van der Waals surface area contributed by atoms with Gasteiger partial charge in [0.05, 0.1) is 15.7 Å². The first-order valence-electron chi connectivity index (χ1n) is 9.72. The maximum Gasteiger partial charge on any atom is 0.354 e. The maximum absolute atomic E-state index is 14.0. The van der Waals surface area contributed by atoms with E-state index in [0.717, 1.165) is 36.0 Å². The van der Waals surface area contributed by atoms with Crippen molar-refractivity contribution in [3.05, 3.63) is 93.0 Å². The lowest BCUT2D eigenvalue weighted by molar-refractivity contribution is 0.0690. The zero-order chi connectivity index (χ0) is 22.0. The molecule has 0 fully saturated rings. The molecular weight excluding hydrogens is 440 g/mol. The summed E-state index contributed by atoms with van der Waals surface area (Å²) in [7, 11) is 0. The number of halogens is 3. The van der Waals surface area contributed by atoms with Crippen molar-refractivity contribution in [3.63, 3.8) is 0 Å². The average molecular weight is 458 g/mol. The number of hydrogen-bond donors (Lipinski definition) is 1. The molecule has 158 valence electrons. The van der Waals surface area contributed by atoms with Gasteiger partial charge in [-0.2, -0.15) is 0 Å². The number of carbonyl (C=O) groups is 1. The average Bonchev–Trinajstić information content (AvgIpc) is 3.25. The summed E-state index contributed by atoms with van der Waals surface area (Å²) >= 11 is 12.5. The van der Waals surface area contributed by atoms with Gasteiger partial charge in [0.15, 0.2) is 0 Å². The van der Waals surface area contributed by atoms with Crippen LogP contribution >= 0.6 is 23.2 Å². The van der Waals surface area contributed by atoms with Crippen LogP contribution in [0.15, 0.2) is 54.6 Å². The molecule has 3 aromatic rings. The molecule has 1 heterocycles. The van der Waals surface area contributed by atoms with E-state index in [2.05, 4.69) is 4.98 Å². The quantitative estimate of drug-likeness (QED) is 0.437. The van der Waals surface area contributed by atoms with Gasteiger partial charge in [0, 0.05) is 17.2 Å². The molecule has 0 saturated heterocycles. The highest BCUT2D eigenvalue weighted by molar-refractivity contribution is 6.42. The molecule has 0 amide bonds. The van der Waals surface area contributed by atoms with E-state index in [9.17, 15) is 14.3 Å². The molecule has 4 rings (SSSR count). The zero-order valence-electron chi connectivity index (χ0n) is 16.4. The third kappa shape index (κ3) is 4.58. The molecule has 7 heteroatoms. The van der Waals surface area contributed by atoms with Gasteiger partial charge in [-0.3, -0.25) is 0 Å². The minimum atomic E-state index is -1.08. The van der Waals surface area contributed by atoms with Crippen LogP contribution in [0, 0.1) is 5.82 Å². The number of nitrogens with zero attached hydrogens (tertiary/aromatic N) is 1. The summed E-state index contributed by atoms with van der Waals surface area (Å²) < 4.78 is 20.0. The fourth-order valence-corrected chi connectivity index (χ4v) is 4.02. The van der Waals surface area contributed by atoms with E-state index in [1.807, 2.05) is 0 Å². The molecule has 1 aliphatic carbocycles. The minimum absolute atomic E-state index is 0.0126. The van der Waals surface area contributed by atoms with Crippen LogP contribution in [0.4, 0.5) is 4.39 Å². The van der Waals surface area contributed by atoms with E-state index < -0.39 is 5.97 Å². The van der Waals surface area contributed by atoms with Crippen LogP contribution in [0.25, 0.3) is 11.1 Å². The Bertz CT molecular complexity index is 1190. The van der Waals surface area contributed by atoms with Crippen LogP contribution in [0.3, 0.4) is 0 Å². The SMILES string of the molecule is O=C(O)c1cccc(C2=C(c3cc(Cl)c(Cl)cc3OCc3ccccc3F)CCC2)n1. The molecule has 4 nitrogen and oxygen atoms in total. The van der Waals surface area contributed by atoms with Gasteiger partial charge >= 0.3 is 5.97 Å². The van der Waals surface area contributed by atoms with E-state index in [1.54, 1.807) is 42.5 Å². The summed E-state index contributed by atoms with van der Waals surface area (Å²) in [5, 5.41) is 9.99. The Morgan fingerprint density at radius 3 is 2.55 bits per heavy atom. The predicted molar refractivity (Wildman–Crippen MR) is 119 cm³/mol. The molecule has 0 atom stereocenters. The van der Waals surface area contributed by atoms with Gasteiger partial charge in [-0.25, -0.2) is 14.2 Å². The third-order valence-electron chi connectivity index (χ3n) is 5.18. The molecule has 0 unspecified atom stereocenters. The molecule has 31 heavy (non-hydrogen) atoms. The van der Waals surface area contributed by atoms with Crippen molar-refractivity contribution in [1.82, 2.24) is 4.98 Å². The first-order valence-corrected chi connectivity index (χ1v) is 10.5. The molecule has 0 aliphatic heterocycles. The summed E-state index contributed by atoms with van der Waals surface area (Å²) in [6.45, 7) is 0.0347. The Morgan fingerprint density at radius 1 is 1.03 bits per heavy atom. The molecular formula is C24H18Cl2FNO3. The number of carboxylic acid groups (broad SMARTS) is 1. The third-order valence-corrected chi connectivity index (χ3v) is 5.91. The molecule has 0 bridgehead atoms. The lowest BCUT2D eigenvalue weighted by Gasteiger charge is -2.16. The number of ether oxygens (including phenoxy) is 1. The number of rotatable bonds is 6. The van der Waals surface area contributed by atoms with Crippen LogP contribution in [-0.2, 0) is 6.61 Å². The van der Waals surface area contributed by atoms with Gasteiger partial charge in [-0.1, -0.05) is 47.5 Å². The number of aromatic carboxylic acids is 1. The number of carboxylic acids is 1. The Labute approximate surface area is 188 Å². The summed E-state index contributed by atoms with van der Waals surface area (Å²) in [4.78, 5) is 15.6. The Hall–Kier alpha value is -2.89. The van der Waals surface area contributed by atoms with E-state index >= 15 is 0 Å². The Kier molecular flexibility index (Phi) is 6.25. The lowest BCUT2D eigenvalue weighted by Crippen LogP contribution is -2.03. The van der Waals surface area contributed by atoms with Crippen molar-refractivity contribution in [3.8, 4) is 5.75 Å². The Balaban J connectivity index is 1.76. The number of allylic oxidation sites excluding steroid dienone is 2. The molecule has 0 radical (unpaired) electrons. The van der Waals surface area contributed by atoms with Crippen LogP contribution in [-0.4, -0.2) is 16.1 Å². The summed E-state index contributed by atoms with van der Waals surface area (Å²) in [6.07, 6.45) is 2.39. The normalized spacial score (nSPS) is 13.5. The minimum Gasteiger partial charge on any atom is -0.488 e. The highest BCUT2D eigenvalue weighted by atomic mass is 35.5. The van der Waals surface area contributed by atoms with Crippen LogP contribution in [0.1, 0.15) is 46.6 Å². The monoisotopic (exact) mass is 457 g/mol. The second kappa shape index (κ2) is 9.08. The van der Waals surface area contributed by atoms with Crippen LogP contribution in [0.2, 0.25) is 10.0 Å². The molecule has 1 N–H and O–H groups in total. The summed E-state index contributed by atoms with van der Waals surface area (Å²) in [6, 6.07) is 14.7. The fourth-order valence-electron chi connectivity index (χ4n) is 3.70. The highest BCUT2D eigenvalue weighted by Gasteiger charge is 2.23. The fraction of sp³-hybridized carbons (Fsp3) is 0.167. The number of aromatic nitrogens is 1. The van der Waals surface area contributed by atoms with Gasteiger partial charge < -0.3 is 9.84 Å². The van der Waals surface area contributed by atoms with Gasteiger partial charge in [0.25, 0.3) is 0 Å². The van der Waals surface area contributed by atoms with Gasteiger partial charge in [0.2, 0.25) is 0 Å². The lowest BCUT2D eigenvalue weighted by atomic mass is 9.98. The summed E-state index contributed by atoms with van der Waals surface area (Å²) in [5.74, 6) is -0.938. The largest absolute Gasteiger partial charge is 0.488 e. The first kappa shape index (κ1) is 21.3. The number of benzene rings is 2. The van der Waals surface area contributed by atoms with Crippen molar-refractivity contribution in [1.29, 1.82) is 0 Å². The van der Waals surface area contributed by atoms with Crippen molar-refractivity contribution in [2.75, 3.05) is 0 Å². The second-order valence-electron chi connectivity index (χ2n) is 7.17.